The number of benzene rings is 4. The maximum absolute atomic E-state index is 13.2. The molecule has 6 rings (SSSR count). The molecule has 2 N–H and O–H groups in total. The third-order valence-corrected chi connectivity index (χ3v) is 9.57. The van der Waals surface area contributed by atoms with Gasteiger partial charge in [0.05, 0.1) is 9.79 Å². The Balaban J connectivity index is 1.03. The van der Waals surface area contributed by atoms with Crippen LogP contribution < -0.4 is 28.4 Å². The molecule has 0 amide bonds. The van der Waals surface area contributed by atoms with Crippen LogP contribution in [0.1, 0.15) is 22.3 Å². The number of hydrogen-bond donors (Lipinski definition) is 2. The average molecular weight is 667 g/mol. The van der Waals surface area contributed by atoms with Crippen LogP contribution in [0.25, 0.3) is 0 Å². The van der Waals surface area contributed by atoms with Crippen molar-refractivity contribution in [1.29, 1.82) is 0 Å². The van der Waals surface area contributed by atoms with E-state index in [1.54, 1.807) is 24.3 Å². The lowest BCUT2D eigenvalue weighted by atomic mass is 10.1. The highest BCUT2D eigenvalue weighted by Crippen LogP contribution is 2.42. The lowest BCUT2D eigenvalue weighted by molar-refractivity contribution is -0.287. The summed E-state index contributed by atoms with van der Waals surface area (Å²) in [5, 5.41) is 0. The fourth-order valence-corrected chi connectivity index (χ4v) is 6.57. The zero-order valence-corrected chi connectivity index (χ0v) is 24.4. The Labute approximate surface area is 254 Å². The van der Waals surface area contributed by atoms with Gasteiger partial charge in [0.15, 0.2) is 23.0 Å². The molecule has 10 nitrogen and oxygen atoms in total. The van der Waals surface area contributed by atoms with E-state index in [0.717, 1.165) is 11.1 Å². The van der Waals surface area contributed by atoms with Crippen molar-refractivity contribution in [2.45, 2.75) is 41.9 Å². The lowest BCUT2D eigenvalue weighted by Crippen LogP contribution is -2.26. The predicted octanol–water partition coefficient (Wildman–Crippen LogP) is 4.88. The highest BCUT2D eigenvalue weighted by Gasteiger charge is 2.44. The van der Waals surface area contributed by atoms with E-state index in [9.17, 15) is 34.4 Å². The minimum absolute atomic E-state index is 0.0118. The maximum atomic E-state index is 13.2. The zero-order valence-electron chi connectivity index (χ0n) is 22.8. The molecule has 0 bridgehead atoms. The van der Waals surface area contributed by atoms with Crippen LogP contribution in [0.2, 0.25) is 0 Å². The fourth-order valence-electron chi connectivity index (χ4n) is 4.54. The van der Waals surface area contributed by atoms with Crippen molar-refractivity contribution in [3.63, 3.8) is 0 Å². The number of hydrogen-bond acceptors (Lipinski definition) is 8. The van der Waals surface area contributed by atoms with E-state index in [1.807, 2.05) is 0 Å². The zero-order chi connectivity index (χ0) is 32.0. The Hall–Kier alpha value is -4.38. The minimum Gasteiger partial charge on any atom is -0.395 e. The number of rotatable bonds is 10. The molecule has 0 aliphatic carbocycles. The van der Waals surface area contributed by atoms with Gasteiger partial charge in [-0.1, -0.05) is 36.4 Å². The molecule has 0 radical (unpaired) electrons. The number of sulfonamides is 2. The van der Waals surface area contributed by atoms with E-state index in [2.05, 4.69) is 28.4 Å². The van der Waals surface area contributed by atoms with Crippen LogP contribution >= 0.6 is 0 Å². The smallest absolute Gasteiger partial charge is 0.395 e. The second-order valence-electron chi connectivity index (χ2n) is 10.0. The van der Waals surface area contributed by atoms with Gasteiger partial charge in [-0.15, -0.1) is 17.6 Å². The first kappa shape index (κ1) is 30.6. The SMILES string of the molecule is O=S(=O)(NCc1ccc2c(c1)OC(F)(F)O2)c1ccc(Cc2ccc(S(=O)(=O)NCc3ccc4c(c3)OC(F)(F)O4)cc2)cc1. The molecule has 0 fully saturated rings. The molecule has 2 aliphatic rings. The fraction of sp³-hybridized carbons (Fsp3) is 0.172. The van der Waals surface area contributed by atoms with Crippen molar-refractivity contribution in [3.8, 4) is 23.0 Å². The largest absolute Gasteiger partial charge is 0.586 e. The van der Waals surface area contributed by atoms with Crippen molar-refractivity contribution in [2.24, 2.45) is 0 Å². The van der Waals surface area contributed by atoms with Gasteiger partial charge in [0.1, 0.15) is 0 Å². The Morgan fingerprint density at radius 3 is 1.20 bits per heavy atom. The molecular formula is C29H22F4N2O8S2. The van der Waals surface area contributed by atoms with E-state index >= 15 is 0 Å². The van der Waals surface area contributed by atoms with E-state index in [1.165, 1.54) is 60.7 Å². The molecule has 0 atom stereocenters. The van der Waals surface area contributed by atoms with E-state index < -0.39 is 32.6 Å². The molecule has 0 unspecified atom stereocenters. The molecule has 0 aromatic heterocycles. The predicted molar refractivity (Wildman–Crippen MR) is 149 cm³/mol. The van der Waals surface area contributed by atoms with Gasteiger partial charge in [-0.2, -0.15) is 0 Å². The summed E-state index contributed by atoms with van der Waals surface area (Å²) in [7, 11) is -7.86. The quantitative estimate of drug-likeness (QED) is 0.229. The van der Waals surface area contributed by atoms with Crippen LogP contribution in [0.5, 0.6) is 23.0 Å². The van der Waals surface area contributed by atoms with Crippen LogP contribution in [0, 0.1) is 0 Å². The first-order valence-corrected chi connectivity index (χ1v) is 16.1. The molecule has 16 heteroatoms. The van der Waals surface area contributed by atoms with E-state index in [4.69, 9.17) is 0 Å². The van der Waals surface area contributed by atoms with E-state index in [0.29, 0.717) is 17.5 Å². The van der Waals surface area contributed by atoms with E-state index in [-0.39, 0.29) is 45.9 Å². The molecule has 45 heavy (non-hydrogen) atoms. The molecule has 0 saturated heterocycles. The number of fused-ring (bicyclic) bond motifs is 2. The topological polar surface area (TPSA) is 129 Å². The van der Waals surface area contributed by atoms with Gasteiger partial charge < -0.3 is 18.9 Å². The molecular weight excluding hydrogens is 644 g/mol. The van der Waals surface area contributed by atoms with Crippen LogP contribution in [0.4, 0.5) is 17.6 Å². The lowest BCUT2D eigenvalue weighted by Gasteiger charge is -2.10. The maximum Gasteiger partial charge on any atom is 0.586 e. The molecule has 236 valence electrons. The van der Waals surface area contributed by atoms with Crippen molar-refractivity contribution < 1.29 is 53.3 Å². The van der Waals surface area contributed by atoms with Gasteiger partial charge in [-0.05, 0) is 77.2 Å². The molecule has 0 saturated carbocycles. The van der Waals surface area contributed by atoms with Gasteiger partial charge in [0.2, 0.25) is 20.0 Å². The molecule has 4 aromatic carbocycles. The van der Waals surface area contributed by atoms with Gasteiger partial charge in [-0.25, -0.2) is 26.3 Å². The standard InChI is InChI=1S/C29H22F4N2O8S2/c30-28(31)40-24-11-5-20(14-26(24)42-28)16-34-44(36,37)22-7-1-18(2-8-22)13-19-3-9-23(10-4-19)45(38,39)35-17-21-6-12-25-27(15-21)43-29(32,33)41-25/h1-12,14-15,34-35H,13,16-17H2. The van der Waals surface area contributed by atoms with Gasteiger partial charge in [0.25, 0.3) is 0 Å². The van der Waals surface area contributed by atoms with Crippen LogP contribution in [0.3, 0.4) is 0 Å². The Kier molecular flexibility index (Phi) is 7.63. The summed E-state index contributed by atoms with van der Waals surface area (Å²) in [5.74, 6) is -0.681. The summed E-state index contributed by atoms with van der Waals surface area (Å²) in [6.07, 6.45) is -7.17. The highest BCUT2D eigenvalue weighted by atomic mass is 32.2. The Bertz CT molecular complexity index is 1830. The number of ether oxygens (including phenoxy) is 4. The summed E-state index contributed by atoms with van der Waals surface area (Å²) < 4.78 is 126. The minimum atomic E-state index is -3.93. The van der Waals surface area contributed by atoms with Gasteiger partial charge >= 0.3 is 12.6 Å². The van der Waals surface area contributed by atoms with Gasteiger partial charge in [-0.3, -0.25) is 0 Å². The monoisotopic (exact) mass is 666 g/mol. The summed E-state index contributed by atoms with van der Waals surface area (Å²) in [6.45, 7) is -0.349. The normalized spacial score (nSPS) is 16.1. The summed E-state index contributed by atoms with van der Waals surface area (Å²) in [4.78, 5) is -0.0237. The number of nitrogens with one attached hydrogen (secondary N) is 2. The second kappa shape index (κ2) is 11.2. The second-order valence-corrected chi connectivity index (χ2v) is 13.5. The third kappa shape index (κ3) is 6.98. The summed E-state index contributed by atoms with van der Waals surface area (Å²) in [5.41, 5.74) is 2.29. The first-order valence-electron chi connectivity index (χ1n) is 13.1. The molecule has 4 aromatic rings. The van der Waals surface area contributed by atoms with Crippen molar-refractivity contribution in [1.82, 2.24) is 9.44 Å². The third-order valence-electron chi connectivity index (χ3n) is 6.74. The number of alkyl halides is 4. The summed E-state index contributed by atoms with van der Waals surface area (Å²) >= 11 is 0. The Morgan fingerprint density at radius 1 is 0.489 bits per heavy atom. The van der Waals surface area contributed by atoms with Crippen molar-refractivity contribution in [3.05, 3.63) is 107 Å². The highest BCUT2D eigenvalue weighted by molar-refractivity contribution is 7.89. The molecule has 2 aliphatic heterocycles. The first-order chi connectivity index (χ1) is 21.2. The molecule has 2 heterocycles. The van der Waals surface area contributed by atoms with Crippen molar-refractivity contribution in [2.75, 3.05) is 0 Å². The van der Waals surface area contributed by atoms with Crippen LogP contribution in [-0.4, -0.2) is 29.4 Å². The Morgan fingerprint density at radius 2 is 0.822 bits per heavy atom. The van der Waals surface area contributed by atoms with Crippen molar-refractivity contribution >= 4 is 20.0 Å². The van der Waals surface area contributed by atoms with Crippen LogP contribution in [0.15, 0.2) is 94.7 Å². The molecule has 0 spiro atoms. The average Bonchev–Trinajstić information content (AvgIpc) is 3.47. The number of halogens is 4. The van der Waals surface area contributed by atoms with Gasteiger partial charge in [0, 0.05) is 13.1 Å². The summed E-state index contributed by atoms with van der Waals surface area (Å²) in [6, 6.07) is 20.1. The van der Waals surface area contributed by atoms with Crippen LogP contribution in [-0.2, 0) is 39.6 Å².